The van der Waals surface area contributed by atoms with E-state index in [1.54, 1.807) is 0 Å². The molecule has 7 nitrogen and oxygen atoms in total. The highest BCUT2D eigenvalue weighted by molar-refractivity contribution is 5.13. The Labute approximate surface area is 332 Å². The van der Waals surface area contributed by atoms with E-state index in [1.807, 2.05) is 59.7 Å². The van der Waals surface area contributed by atoms with Gasteiger partial charge in [-0.05, 0) is 140 Å². The third-order valence-corrected chi connectivity index (χ3v) is 7.58. The van der Waals surface area contributed by atoms with Gasteiger partial charge in [-0.3, -0.25) is 0 Å². The lowest BCUT2D eigenvalue weighted by Gasteiger charge is -2.17. The van der Waals surface area contributed by atoms with Crippen molar-refractivity contribution in [3.8, 4) is 0 Å². The van der Waals surface area contributed by atoms with Crippen molar-refractivity contribution in [3.05, 3.63) is 35.9 Å². The Morgan fingerprint density at radius 3 is 1.53 bits per heavy atom. The van der Waals surface area contributed by atoms with Crippen molar-refractivity contribution < 1.29 is 33.2 Å². The summed E-state index contributed by atoms with van der Waals surface area (Å²) in [6, 6.07) is 10.2. The highest BCUT2D eigenvalue weighted by Crippen LogP contribution is 2.20. The van der Waals surface area contributed by atoms with Crippen molar-refractivity contribution in [3.63, 3.8) is 0 Å². The molecule has 2 fully saturated rings. The molecule has 53 heavy (non-hydrogen) atoms. The van der Waals surface area contributed by atoms with Crippen LogP contribution in [-0.4, -0.2) is 82.9 Å². The van der Waals surface area contributed by atoms with Gasteiger partial charge in [-0.2, -0.15) is 0 Å². The normalized spacial score (nSPS) is 15.7. The first-order valence-electron chi connectivity index (χ1n) is 21.5. The van der Waals surface area contributed by atoms with Crippen molar-refractivity contribution in [1.29, 1.82) is 0 Å². The van der Waals surface area contributed by atoms with Crippen LogP contribution in [0.1, 0.15) is 174 Å². The first-order valence-corrected chi connectivity index (χ1v) is 21.5. The first-order chi connectivity index (χ1) is 25.2. The van der Waals surface area contributed by atoms with Gasteiger partial charge in [-0.15, -0.1) is 0 Å². The van der Waals surface area contributed by atoms with Crippen molar-refractivity contribution in [1.82, 2.24) is 0 Å². The van der Waals surface area contributed by atoms with Crippen LogP contribution in [-0.2, 0) is 39.8 Å². The number of ether oxygens (including phenoxy) is 7. The predicted octanol–water partition coefficient (Wildman–Crippen LogP) is 12.9. The lowest BCUT2D eigenvalue weighted by atomic mass is 10.1. The lowest BCUT2D eigenvalue weighted by molar-refractivity contribution is 0.00531. The second-order valence-electron chi connectivity index (χ2n) is 14.7. The van der Waals surface area contributed by atoms with Crippen LogP contribution in [0.15, 0.2) is 30.3 Å². The molecule has 0 spiro atoms. The largest absolute Gasteiger partial charge is 0.382 e. The zero-order valence-electron chi connectivity index (χ0n) is 38.4. The van der Waals surface area contributed by atoms with Gasteiger partial charge in [-0.25, -0.2) is 0 Å². The zero-order valence-corrected chi connectivity index (χ0v) is 38.4. The van der Waals surface area contributed by atoms with Gasteiger partial charge in [0.25, 0.3) is 0 Å². The van der Waals surface area contributed by atoms with Gasteiger partial charge in [0.1, 0.15) is 0 Å². The summed E-state index contributed by atoms with van der Waals surface area (Å²) in [5, 5.41) is 0. The number of rotatable bonds is 15. The fraction of sp³-hybridized carbons (Fsp3) is 0.870. The van der Waals surface area contributed by atoms with Crippen LogP contribution in [0.2, 0.25) is 0 Å². The van der Waals surface area contributed by atoms with E-state index in [0.29, 0.717) is 30.3 Å². The SMILES string of the molecule is CC1CCCCO1.CCCOC(C)C(C)C.CCCOCC.CCOC(C)(C)C.CCOC(C)C.CCOC1CCCC1.CCOCc1ccccc1. The fourth-order valence-corrected chi connectivity index (χ4v) is 4.54. The number of hydrogen-bond acceptors (Lipinski definition) is 7. The van der Waals surface area contributed by atoms with Crippen molar-refractivity contribution >= 4 is 0 Å². The molecule has 1 heterocycles. The minimum Gasteiger partial charge on any atom is -0.382 e. The predicted molar refractivity (Wildman–Crippen MR) is 230 cm³/mol. The summed E-state index contributed by atoms with van der Waals surface area (Å²) >= 11 is 0. The minimum absolute atomic E-state index is 0.0503. The van der Waals surface area contributed by atoms with Crippen molar-refractivity contribution in [2.75, 3.05) is 52.9 Å². The minimum atomic E-state index is 0.0503. The molecule has 0 amide bonds. The Morgan fingerprint density at radius 2 is 1.23 bits per heavy atom. The number of benzene rings is 1. The van der Waals surface area contributed by atoms with Gasteiger partial charge in [0.2, 0.25) is 0 Å². The number of hydrogen-bond donors (Lipinski definition) is 0. The molecule has 1 aliphatic carbocycles. The summed E-state index contributed by atoms with van der Waals surface area (Å²) in [6.07, 6.45) is 13.5. The van der Waals surface area contributed by atoms with Gasteiger partial charge in [0.15, 0.2) is 0 Å². The van der Waals surface area contributed by atoms with Crippen LogP contribution in [0.3, 0.4) is 0 Å². The molecule has 7 heteroatoms. The Bertz CT molecular complexity index is 751. The molecule has 2 unspecified atom stereocenters. The molecule has 2 atom stereocenters. The molecule has 320 valence electrons. The Morgan fingerprint density at radius 1 is 0.660 bits per heavy atom. The van der Waals surface area contributed by atoms with Crippen LogP contribution < -0.4 is 0 Å². The molecular weight excluding hydrogens is 664 g/mol. The monoisotopic (exact) mass is 759 g/mol. The Hall–Kier alpha value is -1.06. The van der Waals surface area contributed by atoms with Crippen molar-refractivity contribution in [2.24, 2.45) is 5.92 Å². The van der Waals surface area contributed by atoms with Crippen LogP contribution >= 0.6 is 0 Å². The summed E-state index contributed by atoms with van der Waals surface area (Å²) in [6.45, 7) is 40.9. The van der Waals surface area contributed by atoms with Gasteiger partial charge in [-0.1, -0.05) is 70.9 Å². The molecule has 3 rings (SSSR count). The highest BCUT2D eigenvalue weighted by Gasteiger charge is 2.13. The molecule has 0 aromatic heterocycles. The quantitative estimate of drug-likeness (QED) is 0.165. The van der Waals surface area contributed by atoms with E-state index >= 15 is 0 Å². The van der Waals surface area contributed by atoms with E-state index in [2.05, 4.69) is 81.4 Å². The molecule has 1 aromatic rings. The van der Waals surface area contributed by atoms with E-state index in [1.165, 1.54) is 50.5 Å². The Kier molecular flexibility index (Phi) is 50.2. The molecule has 2 aliphatic rings. The van der Waals surface area contributed by atoms with Gasteiger partial charge in [0.05, 0.1) is 36.6 Å². The van der Waals surface area contributed by atoms with Crippen LogP contribution in [0.4, 0.5) is 0 Å². The maximum Gasteiger partial charge on any atom is 0.0716 e. The second-order valence-corrected chi connectivity index (χ2v) is 14.7. The molecule has 1 aromatic carbocycles. The summed E-state index contributed by atoms with van der Waals surface area (Å²) in [5.74, 6) is 0.650. The second kappa shape index (κ2) is 45.3. The highest BCUT2D eigenvalue weighted by atomic mass is 16.5. The molecule has 1 saturated carbocycles. The van der Waals surface area contributed by atoms with E-state index in [4.69, 9.17) is 33.2 Å². The third kappa shape index (κ3) is 55.4. The maximum atomic E-state index is 5.45. The van der Waals surface area contributed by atoms with Gasteiger partial charge >= 0.3 is 0 Å². The molecule has 0 radical (unpaired) electrons. The molecular formula is C46H94O7. The standard InChI is InChI=1S/C9H12O.C8H18O.C7H14O.C6H12O.C6H14O.2C5H12O/c1-2-10-8-9-6-4-3-5-7-9;1-5-6-9-8(4)7(2)3;1-2-8-7-5-3-4-6-7;1-6-4-2-3-5-7-6;1-5-7-6(2,3)4;1-4-6-5(2)3;1-3-5-6-4-2/h3-7H,2,8H2,1H3;7-8H,5-6H2,1-4H3;7H,2-6H2,1H3;6H,2-5H2,1H3;5H2,1-4H3;5H,4H2,1-3H3;3-5H2,1-2H3. The Balaban J connectivity index is -0.000000266. The van der Waals surface area contributed by atoms with Crippen LogP contribution in [0.5, 0.6) is 0 Å². The first kappa shape index (κ1) is 58.6. The van der Waals surface area contributed by atoms with Crippen LogP contribution in [0.25, 0.3) is 0 Å². The van der Waals surface area contributed by atoms with E-state index in [-0.39, 0.29) is 5.60 Å². The van der Waals surface area contributed by atoms with Crippen LogP contribution in [0, 0.1) is 5.92 Å². The smallest absolute Gasteiger partial charge is 0.0716 e. The summed E-state index contributed by atoms with van der Waals surface area (Å²) < 4.78 is 36.6. The molecule has 0 N–H and O–H groups in total. The van der Waals surface area contributed by atoms with E-state index in [9.17, 15) is 0 Å². The summed E-state index contributed by atoms with van der Waals surface area (Å²) in [7, 11) is 0. The molecule has 1 aliphatic heterocycles. The van der Waals surface area contributed by atoms with Gasteiger partial charge in [0, 0.05) is 52.9 Å². The van der Waals surface area contributed by atoms with E-state index in [0.717, 1.165) is 72.3 Å². The fourth-order valence-electron chi connectivity index (χ4n) is 4.54. The summed E-state index contributed by atoms with van der Waals surface area (Å²) in [4.78, 5) is 0. The van der Waals surface area contributed by atoms with E-state index < -0.39 is 0 Å². The van der Waals surface area contributed by atoms with Crippen molar-refractivity contribution in [2.45, 2.75) is 205 Å². The zero-order chi connectivity index (χ0) is 41.2. The average Bonchev–Trinajstić information content (AvgIpc) is 3.64. The maximum absolute atomic E-state index is 5.45. The lowest BCUT2D eigenvalue weighted by Crippen LogP contribution is -2.18. The molecule has 0 bridgehead atoms. The topological polar surface area (TPSA) is 64.6 Å². The molecule has 1 saturated heterocycles. The average molecular weight is 759 g/mol. The van der Waals surface area contributed by atoms with Gasteiger partial charge < -0.3 is 33.2 Å². The third-order valence-electron chi connectivity index (χ3n) is 7.58. The summed E-state index contributed by atoms with van der Waals surface area (Å²) in [5.41, 5.74) is 1.29.